The predicted molar refractivity (Wildman–Crippen MR) is 59.5 cm³/mol. The van der Waals surface area contributed by atoms with Crippen LogP contribution in [0.5, 0.6) is 0 Å². The lowest BCUT2D eigenvalue weighted by atomic mass is 10.3. The molecule has 0 amide bonds. The van der Waals surface area contributed by atoms with E-state index in [0.717, 1.165) is 0 Å². The second kappa shape index (κ2) is 3.58. The van der Waals surface area contributed by atoms with Crippen LogP contribution in [0.3, 0.4) is 0 Å². The average Bonchev–Trinajstić information content (AvgIpc) is 2.58. The van der Waals surface area contributed by atoms with Gasteiger partial charge in [-0.1, -0.05) is 23.2 Å². The average molecular weight is 297 g/mol. The SMILES string of the molecule is NNc1nc2c(Cl)cc(Cl)c(Br)c2o1. The van der Waals surface area contributed by atoms with Crippen LogP contribution in [0, 0.1) is 0 Å². The van der Waals surface area contributed by atoms with Crippen molar-refractivity contribution in [3.8, 4) is 0 Å². The lowest BCUT2D eigenvalue weighted by Gasteiger charge is -1.96. The van der Waals surface area contributed by atoms with Crippen LogP contribution in [0.25, 0.3) is 11.1 Å². The number of hydrogen-bond donors (Lipinski definition) is 2. The van der Waals surface area contributed by atoms with Gasteiger partial charge in [0, 0.05) is 0 Å². The van der Waals surface area contributed by atoms with E-state index in [4.69, 9.17) is 33.5 Å². The minimum Gasteiger partial charge on any atom is -0.421 e. The first-order valence-electron chi connectivity index (χ1n) is 3.54. The fourth-order valence-corrected chi connectivity index (χ4v) is 1.92. The molecule has 1 aromatic heterocycles. The van der Waals surface area contributed by atoms with Crippen molar-refractivity contribution in [1.82, 2.24) is 4.98 Å². The van der Waals surface area contributed by atoms with Crippen molar-refractivity contribution >= 4 is 56.2 Å². The third kappa shape index (κ3) is 1.46. The molecule has 0 atom stereocenters. The number of nitrogen functional groups attached to an aromatic ring is 1. The Bertz CT molecular complexity index is 499. The van der Waals surface area contributed by atoms with E-state index in [1.54, 1.807) is 6.07 Å². The number of anilines is 1. The lowest BCUT2D eigenvalue weighted by Crippen LogP contribution is -2.06. The van der Waals surface area contributed by atoms with Crippen LogP contribution < -0.4 is 11.3 Å². The van der Waals surface area contributed by atoms with Gasteiger partial charge in [-0.15, -0.1) is 0 Å². The van der Waals surface area contributed by atoms with Gasteiger partial charge in [0.2, 0.25) is 0 Å². The quantitative estimate of drug-likeness (QED) is 0.482. The molecule has 1 aromatic carbocycles. The summed E-state index contributed by atoms with van der Waals surface area (Å²) in [7, 11) is 0. The molecular weight excluding hydrogens is 293 g/mol. The molecule has 0 saturated carbocycles. The summed E-state index contributed by atoms with van der Waals surface area (Å²) in [5.41, 5.74) is 3.27. The number of oxazole rings is 1. The molecule has 0 aliphatic carbocycles. The van der Waals surface area contributed by atoms with E-state index in [9.17, 15) is 0 Å². The van der Waals surface area contributed by atoms with Gasteiger partial charge >= 0.3 is 6.01 Å². The maximum Gasteiger partial charge on any atom is 0.310 e. The summed E-state index contributed by atoms with van der Waals surface area (Å²) in [6.07, 6.45) is 0. The highest BCUT2D eigenvalue weighted by Crippen LogP contribution is 2.37. The van der Waals surface area contributed by atoms with Crippen molar-refractivity contribution in [2.75, 3.05) is 5.43 Å². The van der Waals surface area contributed by atoms with Gasteiger partial charge in [0.05, 0.1) is 14.5 Å². The molecule has 0 spiro atoms. The molecule has 0 aliphatic heterocycles. The molecule has 2 aromatic rings. The molecule has 7 heteroatoms. The van der Waals surface area contributed by atoms with E-state index in [1.807, 2.05) is 0 Å². The smallest absolute Gasteiger partial charge is 0.310 e. The van der Waals surface area contributed by atoms with Crippen molar-refractivity contribution in [2.45, 2.75) is 0 Å². The van der Waals surface area contributed by atoms with Crippen LogP contribution in [0.1, 0.15) is 0 Å². The monoisotopic (exact) mass is 295 g/mol. The first kappa shape index (κ1) is 10.0. The highest BCUT2D eigenvalue weighted by atomic mass is 79.9. The molecule has 74 valence electrons. The minimum absolute atomic E-state index is 0.185. The fraction of sp³-hybridized carbons (Fsp3) is 0. The van der Waals surface area contributed by atoms with E-state index in [2.05, 4.69) is 26.3 Å². The van der Waals surface area contributed by atoms with E-state index < -0.39 is 0 Å². The van der Waals surface area contributed by atoms with Crippen LogP contribution in [0.15, 0.2) is 15.0 Å². The van der Waals surface area contributed by atoms with Crippen molar-refractivity contribution in [2.24, 2.45) is 5.84 Å². The molecule has 0 radical (unpaired) electrons. The normalized spacial score (nSPS) is 10.9. The number of hydrazine groups is 1. The second-order valence-corrected chi connectivity index (χ2v) is 4.10. The molecule has 0 aliphatic rings. The first-order chi connectivity index (χ1) is 6.63. The third-order valence-electron chi connectivity index (χ3n) is 1.64. The summed E-state index contributed by atoms with van der Waals surface area (Å²) in [6, 6.07) is 1.77. The number of aromatic nitrogens is 1. The van der Waals surface area contributed by atoms with Crippen LogP contribution in [0.2, 0.25) is 10.0 Å². The molecule has 2 rings (SSSR count). The van der Waals surface area contributed by atoms with E-state index in [0.29, 0.717) is 25.6 Å². The zero-order valence-electron chi connectivity index (χ0n) is 6.64. The zero-order valence-corrected chi connectivity index (χ0v) is 9.74. The third-order valence-corrected chi connectivity index (χ3v) is 3.24. The molecular formula is C7H4BrCl2N3O. The summed E-state index contributed by atoms with van der Waals surface area (Å²) >= 11 is 15.0. The Morgan fingerprint density at radius 2 is 2.14 bits per heavy atom. The molecule has 0 saturated heterocycles. The number of hydrogen-bond acceptors (Lipinski definition) is 4. The minimum atomic E-state index is 0.185. The van der Waals surface area contributed by atoms with Crippen molar-refractivity contribution in [1.29, 1.82) is 0 Å². The summed E-state index contributed by atoms with van der Waals surface area (Å²) in [4.78, 5) is 4.01. The van der Waals surface area contributed by atoms with Gasteiger partial charge in [-0.3, -0.25) is 5.43 Å². The number of halogens is 3. The molecule has 0 unspecified atom stereocenters. The van der Waals surface area contributed by atoms with Gasteiger partial charge in [-0.05, 0) is 22.0 Å². The van der Waals surface area contributed by atoms with Crippen LogP contribution >= 0.6 is 39.1 Å². The summed E-state index contributed by atoms with van der Waals surface area (Å²) in [5, 5.41) is 0.876. The number of fused-ring (bicyclic) bond motifs is 1. The number of nitrogens with two attached hydrogens (primary N) is 1. The number of rotatable bonds is 1. The molecule has 3 N–H and O–H groups in total. The second-order valence-electron chi connectivity index (χ2n) is 2.50. The van der Waals surface area contributed by atoms with E-state index >= 15 is 0 Å². The van der Waals surface area contributed by atoms with Gasteiger partial charge < -0.3 is 4.42 Å². The number of nitrogens with zero attached hydrogens (tertiary/aromatic N) is 1. The molecule has 1 heterocycles. The van der Waals surface area contributed by atoms with Crippen molar-refractivity contribution < 1.29 is 4.42 Å². The topological polar surface area (TPSA) is 64.1 Å². The van der Waals surface area contributed by atoms with Crippen LogP contribution in [-0.4, -0.2) is 4.98 Å². The van der Waals surface area contributed by atoms with Gasteiger partial charge in [-0.2, -0.15) is 4.98 Å². The molecule has 0 bridgehead atoms. The van der Waals surface area contributed by atoms with Crippen LogP contribution in [-0.2, 0) is 0 Å². The van der Waals surface area contributed by atoms with Crippen LogP contribution in [0.4, 0.5) is 6.01 Å². The standard InChI is InChI=1S/C7H4BrCl2N3O/c8-4-2(9)1-3(10)5-6(4)14-7(12-5)13-11/h1H,11H2,(H,12,13). The molecule has 0 fully saturated rings. The van der Waals surface area contributed by atoms with E-state index in [1.165, 1.54) is 0 Å². The summed E-state index contributed by atoms with van der Waals surface area (Å²) < 4.78 is 5.85. The maximum absolute atomic E-state index is 5.91. The Morgan fingerprint density at radius 1 is 1.43 bits per heavy atom. The zero-order chi connectivity index (χ0) is 10.3. The molecule has 14 heavy (non-hydrogen) atoms. The van der Waals surface area contributed by atoms with Crippen molar-refractivity contribution in [3.05, 3.63) is 20.6 Å². The number of nitrogens with one attached hydrogen (secondary N) is 1. The molecule has 4 nitrogen and oxygen atoms in total. The van der Waals surface area contributed by atoms with E-state index in [-0.39, 0.29) is 6.01 Å². The van der Waals surface area contributed by atoms with Gasteiger partial charge in [0.1, 0.15) is 5.52 Å². The summed E-state index contributed by atoms with van der Waals surface area (Å²) in [5.74, 6) is 5.15. The lowest BCUT2D eigenvalue weighted by molar-refractivity contribution is 0.615. The Balaban J connectivity index is 2.84. The first-order valence-corrected chi connectivity index (χ1v) is 5.09. The highest BCUT2D eigenvalue weighted by molar-refractivity contribution is 9.10. The Kier molecular flexibility index (Phi) is 2.57. The summed E-state index contributed by atoms with van der Waals surface area (Å²) in [6.45, 7) is 0. The van der Waals surface area contributed by atoms with Gasteiger partial charge in [0.25, 0.3) is 0 Å². The Hall–Kier alpha value is -0.490. The Labute approximate surface area is 97.5 Å². The van der Waals surface area contributed by atoms with Crippen molar-refractivity contribution in [3.63, 3.8) is 0 Å². The fourth-order valence-electron chi connectivity index (χ4n) is 1.04. The highest BCUT2D eigenvalue weighted by Gasteiger charge is 2.14. The largest absolute Gasteiger partial charge is 0.421 e. The maximum atomic E-state index is 5.91. The Morgan fingerprint density at radius 3 is 2.79 bits per heavy atom. The number of benzene rings is 1. The van der Waals surface area contributed by atoms with Gasteiger partial charge in [0.15, 0.2) is 5.58 Å². The predicted octanol–water partition coefficient (Wildman–Crippen LogP) is 3.18. The van der Waals surface area contributed by atoms with Gasteiger partial charge in [-0.25, -0.2) is 5.84 Å².